The largest absolute Gasteiger partial charge is 0.494 e. The maximum atomic E-state index is 11.6. The van der Waals surface area contributed by atoms with E-state index < -0.39 is 11.4 Å². The Morgan fingerprint density at radius 1 is 1.30 bits per heavy atom. The van der Waals surface area contributed by atoms with Gasteiger partial charge in [-0.05, 0) is 51.0 Å². The van der Waals surface area contributed by atoms with Crippen molar-refractivity contribution in [3.63, 3.8) is 0 Å². The summed E-state index contributed by atoms with van der Waals surface area (Å²) in [6.45, 7) is 4.56. The van der Waals surface area contributed by atoms with Crippen molar-refractivity contribution in [2.24, 2.45) is 5.73 Å². The van der Waals surface area contributed by atoms with E-state index in [2.05, 4.69) is 5.32 Å². The van der Waals surface area contributed by atoms with Gasteiger partial charge in [0.05, 0.1) is 6.61 Å². The SMILES string of the molecule is CCOc1ccc(OCC(C)(NC2CC2)C(N)=O)cc1. The molecule has 1 aromatic rings. The second-order valence-electron chi connectivity index (χ2n) is 5.31. The summed E-state index contributed by atoms with van der Waals surface area (Å²) >= 11 is 0. The molecule has 20 heavy (non-hydrogen) atoms. The topological polar surface area (TPSA) is 73.6 Å². The molecule has 0 spiro atoms. The lowest BCUT2D eigenvalue weighted by Crippen LogP contribution is -2.57. The van der Waals surface area contributed by atoms with Crippen LogP contribution in [-0.2, 0) is 4.79 Å². The molecule has 3 N–H and O–H groups in total. The minimum Gasteiger partial charge on any atom is -0.494 e. The summed E-state index contributed by atoms with van der Waals surface area (Å²) in [6.07, 6.45) is 2.18. The summed E-state index contributed by atoms with van der Waals surface area (Å²) in [5, 5.41) is 3.24. The quantitative estimate of drug-likeness (QED) is 0.755. The van der Waals surface area contributed by atoms with Gasteiger partial charge in [0.15, 0.2) is 0 Å². The van der Waals surface area contributed by atoms with E-state index in [1.807, 2.05) is 31.2 Å². The average Bonchev–Trinajstić information content (AvgIpc) is 3.22. The van der Waals surface area contributed by atoms with E-state index >= 15 is 0 Å². The van der Waals surface area contributed by atoms with Gasteiger partial charge in [-0.3, -0.25) is 10.1 Å². The Bertz CT molecular complexity index is 457. The predicted molar refractivity (Wildman–Crippen MR) is 76.9 cm³/mol. The number of hydrogen-bond donors (Lipinski definition) is 2. The number of carbonyl (C=O) groups excluding carboxylic acids is 1. The van der Waals surface area contributed by atoms with Crippen LogP contribution in [0, 0.1) is 0 Å². The maximum Gasteiger partial charge on any atom is 0.240 e. The Labute approximate surface area is 119 Å². The Morgan fingerprint density at radius 2 is 1.85 bits per heavy atom. The molecule has 1 fully saturated rings. The molecule has 1 aliphatic rings. The number of rotatable bonds is 8. The molecular weight excluding hydrogens is 256 g/mol. The van der Waals surface area contributed by atoms with Crippen LogP contribution in [0.15, 0.2) is 24.3 Å². The molecule has 0 radical (unpaired) electrons. The number of ether oxygens (including phenoxy) is 2. The molecule has 0 bridgehead atoms. The van der Waals surface area contributed by atoms with Crippen molar-refractivity contribution in [2.45, 2.75) is 38.3 Å². The molecule has 2 rings (SSSR count). The second kappa shape index (κ2) is 6.13. The van der Waals surface area contributed by atoms with Crippen LogP contribution in [-0.4, -0.2) is 30.7 Å². The summed E-state index contributed by atoms with van der Waals surface area (Å²) in [4.78, 5) is 11.6. The number of nitrogens with one attached hydrogen (secondary N) is 1. The number of hydrogen-bond acceptors (Lipinski definition) is 4. The van der Waals surface area contributed by atoms with Crippen LogP contribution in [0.4, 0.5) is 0 Å². The molecule has 5 heteroatoms. The van der Waals surface area contributed by atoms with E-state index in [1.165, 1.54) is 0 Å². The minimum atomic E-state index is -0.834. The van der Waals surface area contributed by atoms with Crippen LogP contribution in [0.5, 0.6) is 11.5 Å². The van der Waals surface area contributed by atoms with Gasteiger partial charge in [0.2, 0.25) is 5.91 Å². The number of nitrogens with two attached hydrogens (primary N) is 1. The molecule has 1 aliphatic carbocycles. The van der Waals surface area contributed by atoms with Gasteiger partial charge in [-0.25, -0.2) is 0 Å². The predicted octanol–water partition coefficient (Wildman–Crippen LogP) is 1.46. The van der Waals surface area contributed by atoms with E-state index in [9.17, 15) is 4.79 Å². The smallest absolute Gasteiger partial charge is 0.240 e. The van der Waals surface area contributed by atoms with Crippen LogP contribution >= 0.6 is 0 Å². The minimum absolute atomic E-state index is 0.215. The third kappa shape index (κ3) is 3.87. The lowest BCUT2D eigenvalue weighted by Gasteiger charge is -2.27. The molecule has 1 atom stereocenters. The molecule has 1 aromatic carbocycles. The van der Waals surface area contributed by atoms with Crippen LogP contribution in [0.25, 0.3) is 0 Å². The summed E-state index contributed by atoms with van der Waals surface area (Å²) in [5.41, 5.74) is 4.64. The summed E-state index contributed by atoms with van der Waals surface area (Å²) in [6, 6.07) is 7.72. The zero-order chi connectivity index (χ0) is 14.6. The first-order valence-corrected chi connectivity index (χ1v) is 6.97. The Morgan fingerprint density at radius 3 is 2.30 bits per heavy atom. The van der Waals surface area contributed by atoms with E-state index in [4.69, 9.17) is 15.2 Å². The fraction of sp³-hybridized carbons (Fsp3) is 0.533. The number of primary amides is 1. The highest BCUT2D eigenvalue weighted by molar-refractivity contribution is 5.84. The van der Waals surface area contributed by atoms with Crippen molar-refractivity contribution in [1.82, 2.24) is 5.32 Å². The molecular formula is C15H22N2O3. The van der Waals surface area contributed by atoms with Crippen LogP contribution < -0.4 is 20.5 Å². The van der Waals surface area contributed by atoms with Gasteiger partial charge in [0.1, 0.15) is 23.6 Å². The van der Waals surface area contributed by atoms with Gasteiger partial charge in [0, 0.05) is 6.04 Å². The van der Waals surface area contributed by atoms with Gasteiger partial charge < -0.3 is 15.2 Å². The maximum absolute atomic E-state index is 11.6. The van der Waals surface area contributed by atoms with E-state index in [1.54, 1.807) is 6.92 Å². The zero-order valence-corrected chi connectivity index (χ0v) is 12.0. The fourth-order valence-electron chi connectivity index (χ4n) is 1.89. The third-order valence-corrected chi connectivity index (χ3v) is 3.31. The van der Waals surface area contributed by atoms with Gasteiger partial charge in [-0.2, -0.15) is 0 Å². The Kier molecular flexibility index (Phi) is 4.49. The fourth-order valence-corrected chi connectivity index (χ4v) is 1.89. The van der Waals surface area contributed by atoms with Gasteiger partial charge >= 0.3 is 0 Å². The molecule has 1 unspecified atom stereocenters. The van der Waals surface area contributed by atoms with E-state index in [0.29, 0.717) is 18.4 Å². The molecule has 0 saturated heterocycles. The summed E-state index contributed by atoms with van der Waals surface area (Å²) in [5.74, 6) is 1.10. The highest BCUT2D eigenvalue weighted by Crippen LogP contribution is 2.24. The van der Waals surface area contributed by atoms with Gasteiger partial charge in [0.25, 0.3) is 0 Å². The summed E-state index contributed by atoms with van der Waals surface area (Å²) < 4.78 is 11.0. The van der Waals surface area contributed by atoms with Crippen LogP contribution in [0.3, 0.4) is 0 Å². The number of benzene rings is 1. The van der Waals surface area contributed by atoms with E-state index in [-0.39, 0.29) is 6.61 Å². The van der Waals surface area contributed by atoms with Crippen molar-refractivity contribution < 1.29 is 14.3 Å². The molecule has 0 aromatic heterocycles. The van der Waals surface area contributed by atoms with E-state index in [0.717, 1.165) is 18.6 Å². The average molecular weight is 278 g/mol. The highest BCUT2D eigenvalue weighted by Gasteiger charge is 2.37. The van der Waals surface area contributed by atoms with Gasteiger partial charge in [-0.1, -0.05) is 0 Å². The highest BCUT2D eigenvalue weighted by atomic mass is 16.5. The Hall–Kier alpha value is -1.75. The normalized spacial score (nSPS) is 17.3. The number of amides is 1. The molecule has 0 heterocycles. The monoisotopic (exact) mass is 278 g/mol. The standard InChI is InChI=1S/C15H22N2O3/c1-3-19-12-6-8-13(9-7-12)20-10-15(2,14(16)18)17-11-4-5-11/h6-9,11,17H,3-5,10H2,1-2H3,(H2,16,18). The molecule has 110 valence electrons. The van der Waals surface area contributed by atoms with Crippen molar-refractivity contribution >= 4 is 5.91 Å². The molecule has 5 nitrogen and oxygen atoms in total. The second-order valence-corrected chi connectivity index (χ2v) is 5.31. The summed E-state index contributed by atoms with van der Waals surface area (Å²) in [7, 11) is 0. The molecule has 1 saturated carbocycles. The first-order chi connectivity index (χ1) is 9.53. The zero-order valence-electron chi connectivity index (χ0n) is 12.0. The third-order valence-electron chi connectivity index (χ3n) is 3.31. The van der Waals surface area contributed by atoms with Crippen LogP contribution in [0.1, 0.15) is 26.7 Å². The van der Waals surface area contributed by atoms with Gasteiger partial charge in [-0.15, -0.1) is 0 Å². The van der Waals surface area contributed by atoms with Crippen molar-refractivity contribution in [1.29, 1.82) is 0 Å². The van der Waals surface area contributed by atoms with Crippen molar-refractivity contribution in [2.75, 3.05) is 13.2 Å². The molecule has 0 aliphatic heterocycles. The first kappa shape index (κ1) is 14.7. The number of carbonyl (C=O) groups is 1. The van der Waals surface area contributed by atoms with Crippen molar-refractivity contribution in [3.05, 3.63) is 24.3 Å². The lowest BCUT2D eigenvalue weighted by atomic mass is 10.0. The first-order valence-electron chi connectivity index (χ1n) is 6.97. The molecule has 1 amide bonds. The van der Waals surface area contributed by atoms with Crippen molar-refractivity contribution in [3.8, 4) is 11.5 Å². The van der Waals surface area contributed by atoms with Crippen LogP contribution in [0.2, 0.25) is 0 Å². The lowest BCUT2D eigenvalue weighted by molar-refractivity contribution is -0.125. The Balaban J connectivity index is 1.92.